The average molecular weight is 241 g/mol. The van der Waals surface area contributed by atoms with Gasteiger partial charge in [-0.15, -0.1) is 0 Å². The molecule has 0 aromatic heterocycles. The number of nitrogens with two attached hydrogens (primary N) is 1. The molecular weight excluding hydrogens is 214 g/mol. The fraction of sp³-hybridized carbons (Fsp3) is 0.929. The molecule has 2 N–H and O–H groups in total. The van der Waals surface area contributed by atoms with Crippen LogP contribution in [0.25, 0.3) is 0 Å². The Bertz CT molecular complexity index is 232. The zero-order chi connectivity index (χ0) is 12.8. The molecule has 0 spiro atoms. The molecule has 0 radical (unpaired) electrons. The van der Waals surface area contributed by atoms with E-state index < -0.39 is 0 Å². The minimum atomic E-state index is -0.147. The van der Waals surface area contributed by atoms with E-state index in [4.69, 9.17) is 10.5 Å². The van der Waals surface area contributed by atoms with Crippen LogP contribution in [0, 0.1) is 17.8 Å². The fourth-order valence-corrected chi connectivity index (χ4v) is 2.82. The van der Waals surface area contributed by atoms with Gasteiger partial charge in [-0.25, -0.2) is 0 Å². The lowest BCUT2D eigenvalue weighted by Gasteiger charge is -2.33. The summed E-state index contributed by atoms with van der Waals surface area (Å²) in [6.07, 6.45) is 5.25. The second kappa shape index (κ2) is 7.00. The van der Waals surface area contributed by atoms with Gasteiger partial charge in [-0.1, -0.05) is 13.8 Å². The van der Waals surface area contributed by atoms with Crippen molar-refractivity contribution in [3.05, 3.63) is 0 Å². The van der Waals surface area contributed by atoms with Crippen molar-refractivity contribution in [2.45, 2.75) is 58.9 Å². The van der Waals surface area contributed by atoms with Gasteiger partial charge in [0.2, 0.25) is 0 Å². The lowest BCUT2D eigenvalue weighted by Crippen LogP contribution is -2.36. The maximum atomic E-state index is 11.4. The molecule has 1 atom stereocenters. The van der Waals surface area contributed by atoms with E-state index in [9.17, 15) is 4.79 Å². The van der Waals surface area contributed by atoms with Crippen LogP contribution in [0.2, 0.25) is 0 Å². The van der Waals surface area contributed by atoms with Crippen molar-refractivity contribution in [3.63, 3.8) is 0 Å². The Morgan fingerprint density at radius 2 is 1.76 bits per heavy atom. The molecule has 0 heterocycles. The predicted molar refractivity (Wildman–Crippen MR) is 69.5 cm³/mol. The van der Waals surface area contributed by atoms with Crippen LogP contribution in [-0.4, -0.2) is 18.6 Å². The first kappa shape index (κ1) is 14.5. The highest BCUT2D eigenvalue weighted by Crippen LogP contribution is 2.34. The third kappa shape index (κ3) is 4.66. The summed E-state index contributed by atoms with van der Waals surface area (Å²) in [6, 6.07) is -0.0119. The van der Waals surface area contributed by atoms with Crippen LogP contribution in [0.3, 0.4) is 0 Å². The van der Waals surface area contributed by atoms with Crippen LogP contribution >= 0.6 is 0 Å². The van der Waals surface area contributed by atoms with Crippen molar-refractivity contribution in [1.82, 2.24) is 0 Å². The molecule has 1 aliphatic rings. The minimum Gasteiger partial charge on any atom is -0.466 e. The number of rotatable bonds is 5. The zero-order valence-electron chi connectivity index (χ0n) is 11.4. The quantitative estimate of drug-likeness (QED) is 0.753. The number of ether oxygens (including phenoxy) is 1. The van der Waals surface area contributed by atoms with E-state index in [2.05, 4.69) is 13.8 Å². The topological polar surface area (TPSA) is 52.3 Å². The first-order valence-electron chi connectivity index (χ1n) is 6.95. The SMILES string of the molecule is CCOC(=O)CC(N)C1CCC(C(C)C)CC1. The number of hydrogen-bond acceptors (Lipinski definition) is 3. The number of hydrogen-bond donors (Lipinski definition) is 1. The van der Waals surface area contributed by atoms with Crippen LogP contribution < -0.4 is 5.73 Å². The van der Waals surface area contributed by atoms with Gasteiger partial charge in [0.1, 0.15) is 0 Å². The first-order chi connectivity index (χ1) is 8.04. The van der Waals surface area contributed by atoms with E-state index in [1.165, 1.54) is 25.7 Å². The highest BCUT2D eigenvalue weighted by Gasteiger charge is 2.28. The lowest BCUT2D eigenvalue weighted by atomic mass is 9.74. The Morgan fingerprint density at radius 3 is 2.24 bits per heavy atom. The van der Waals surface area contributed by atoms with Gasteiger partial charge >= 0.3 is 5.97 Å². The molecule has 3 nitrogen and oxygen atoms in total. The Balaban J connectivity index is 2.30. The molecule has 0 aliphatic heterocycles. The summed E-state index contributed by atoms with van der Waals surface area (Å²) in [5.41, 5.74) is 6.10. The molecule has 0 bridgehead atoms. The van der Waals surface area contributed by atoms with Crippen molar-refractivity contribution < 1.29 is 9.53 Å². The second-order valence-electron chi connectivity index (χ2n) is 5.59. The normalized spacial score (nSPS) is 26.9. The van der Waals surface area contributed by atoms with Crippen molar-refractivity contribution >= 4 is 5.97 Å². The van der Waals surface area contributed by atoms with Crippen LogP contribution in [0.15, 0.2) is 0 Å². The molecule has 0 aromatic rings. The summed E-state index contributed by atoms with van der Waals surface area (Å²) in [6.45, 7) is 6.87. The largest absolute Gasteiger partial charge is 0.466 e. The molecular formula is C14H27NO2. The average Bonchev–Trinajstić information content (AvgIpc) is 2.29. The van der Waals surface area contributed by atoms with E-state index in [0.717, 1.165) is 11.8 Å². The molecule has 0 aromatic carbocycles. The first-order valence-corrected chi connectivity index (χ1v) is 6.95. The van der Waals surface area contributed by atoms with E-state index in [1.807, 2.05) is 6.92 Å². The summed E-state index contributed by atoms with van der Waals surface area (Å²) in [5.74, 6) is 1.98. The molecule has 17 heavy (non-hydrogen) atoms. The monoisotopic (exact) mass is 241 g/mol. The van der Waals surface area contributed by atoms with E-state index in [1.54, 1.807) is 0 Å². The van der Waals surface area contributed by atoms with Gasteiger partial charge in [0.05, 0.1) is 13.0 Å². The Labute approximate surface area is 105 Å². The van der Waals surface area contributed by atoms with Crippen molar-refractivity contribution in [1.29, 1.82) is 0 Å². The van der Waals surface area contributed by atoms with Gasteiger partial charge in [0.15, 0.2) is 0 Å². The van der Waals surface area contributed by atoms with Gasteiger partial charge in [-0.3, -0.25) is 4.79 Å². The fourth-order valence-electron chi connectivity index (χ4n) is 2.82. The molecule has 1 aliphatic carbocycles. The number of carbonyl (C=O) groups excluding carboxylic acids is 1. The zero-order valence-corrected chi connectivity index (χ0v) is 11.4. The van der Waals surface area contributed by atoms with E-state index in [0.29, 0.717) is 18.9 Å². The minimum absolute atomic E-state index is 0.0119. The second-order valence-corrected chi connectivity index (χ2v) is 5.59. The summed E-state index contributed by atoms with van der Waals surface area (Å²) in [5, 5.41) is 0. The molecule has 100 valence electrons. The smallest absolute Gasteiger partial charge is 0.307 e. The van der Waals surface area contributed by atoms with Crippen LogP contribution in [-0.2, 0) is 9.53 Å². The molecule has 1 rings (SSSR count). The van der Waals surface area contributed by atoms with Gasteiger partial charge in [0.25, 0.3) is 0 Å². The molecule has 1 saturated carbocycles. The molecule has 0 amide bonds. The lowest BCUT2D eigenvalue weighted by molar-refractivity contribution is -0.143. The van der Waals surface area contributed by atoms with Gasteiger partial charge in [0, 0.05) is 6.04 Å². The highest BCUT2D eigenvalue weighted by atomic mass is 16.5. The third-order valence-electron chi connectivity index (χ3n) is 4.07. The van der Waals surface area contributed by atoms with Crippen LogP contribution in [0.4, 0.5) is 0 Å². The molecule has 0 saturated heterocycles. The highest BCUT2D eigenvalue weighted by molar-refractivity contribution is 5.70. The number of esters is 1. The summed E-state index contributed by atoms with van der Waals surface area (Å²) < 4.78 is 4.94. The third-order valence-corrected chi connectivity index (χ3v) is 4.07. The summed E-state index contributed by atoms with van der Waals surface area (Å²) in [7, 11) is 0. The van der Waals surface area contributed by atoms with E-state index in [-0.39, 0.29) is 12.0 Å². The van der Waals surface area contributed by atoms with E-state index >= 15 is 0 Å². The maximum absolute atomic E-state index is 11.4. The van der Waals surface area contributed by atoms with Gasteiger partial charge < -0.3 is 10.5 Å². The predicted octanol–water partition coefficient (Wildman–Crippen LogP) is 2.73. The molecule has 3 heteroatoms. The molecule has 1 fully saturated rings. The van der Waals surface area contributed by atoms with Gasteiger partial charge in [-0.2, -0.15) is 0 Å². The Morgan fingerprint density at radius 1 is 1.24 bits per heavy atom. The Hall–Kier alpha value is -0.570. The van der Waals surface area contributed by atoms with Crippen LogP contribution in [0.5, 0.6) is 0 Å². The standard InChI is InChI=1S/C14H27NO2/c1-4-17-14(16)9-13(15)12-7-5-11(6-8-12)10(2)3/h10-13H,4-9,15H2,1-3H3. The number of carbonyl (C=O) groups is 1. The van der Waals surface area contributed by atoms with Gasteiger partial charge in [-0.05, 0) is 50.4 Å². The summed E-state index contributed by atoms with van der Waals surface area (Å²) >= 11 is 0. The maximum Gasteiger partial charge on any atom is 0.307 e. The van der Waals surface area contributed by atoms with Crippen molar-refractivity contribution in [3.8, 4) is 0 Å². The van der Waals surface area contributed by atoms with Crippen molar-refractivity contribution in [2.24, 2.45) is 23.5 Å². The Kier molecular flexibility index (Phi) is 5.96. The van der Waals surface area contributed by atoms with Crippen LogP contribution in [0.1, 0.15) is 52.9 Å². The summed E-state index contributed by atoms with van der Waals surface area (Å²) in [4.78, 5) is 11.4. The van der Waals surface area contributed by atoms with Crippen molar-refractivity contribution in [2.75, 3.05) is 6.61 Å². The molecule has 1 unspecified atom stereocenters.